The lowest BCUT2D eigenvalue weighted by molar-refractivity contribution is -0.124. The molecule has 70 valence electrons. The molecule has 0 radical (unpaired) electrons. The van der Waals surface area contributed by atoms with Crippen LogP contribution in [0, 0.1) is 5.41 Å². The number of hydrogen-bond acceptors (Lipinski definition) is 4. The summed E-state index contributed by atoms with van der Waals surface area (Å²) >= 11 is 0. The van der Waals surface area contributed by atoms with Crippen molar-refractivity contribution in [3.8, 4) is 0 Å². The smallest absolute Gasteiger partial charge is 0.240 e. The molecule has 6 heteroatoms. The molecular formula is C6H12N2O3S. The molecule has 1 saturated carbocycles. The Kier molecular flexibility index (Phi) is 2.13. The first-order chi connectivity index (χ1) is 5.40. The van der Waals surface area contributed by atoms with Crippen LogP contribution < -0.4 is 10.5 Å². The normalized spacial score (nSPS) is 20.2. The first-order valence-corrected chi connectivity index (χ1v) is 5.51. The molecule has 0 saturated heterocycles. The summed E-state index contributed by atoms with van der Waals surface area (Å²) in [6, 6.07) is 0. The Balaban J connectivity index is 2.61. The molecule has 5 nitrogen and oxygen atoms in total. The zero-order valence-corrected chi connectivity index (χ0v) is 7.65. The number of hydrogen-bond donors (Lipinski definition) is 2. The van der Waals surface area contributed by atoms with E-state index in [9.17, 15) is 13.2 Å². The van der Waals surface area contributed by atoms with Crippen molar-refractivity contribution in [1.82, 2.24) is 4.72 Å². The van der Waals surface area contributed by atoms with Crippen LogP contribution in [0.25, 0.3) is 0 Å². The van der Waals surface area contributed by atoms with Crippen molar-refractivity contribution in [2.45, 2.75) is 12.8 Å². The van der Waals surface area contributed by atoms with E-state index in [0.29, 0.717) is 12.8 Å². The van der Waals surface area contributed by atoms with Crippen LogP contribution >= 0.6 is 0 Å². The molecule has 1 rings (SSSR count). The highest BCUT2D eigenvalue weighted by Gasteiger charge is 2.49. The molecule has 1 aliphatic carbocycles. The van der Waals surface area contributed by atoms with Gasteiger partial charge in [-0.05, 0) is 12.8 Å². The predicted octanol–water partition coefficient (Wildman–Crippen LogP) is -1.20. The second kappa shape index (κ2) is 2.70. The van der Waals surface area contributed by atoms with Crippen molar-refractivity contribution in [2.75, 3.05) is 12.8 Å². The fourth-order valence-electron chi connectivity index (χ4n) is 0.951. The van der Waals surface area contributed by atoms with Crippen molar-refractivity contribution < 1.29 is 13.2 Å². The van der Waals surface area contributed by atoms with Gasteiger partial charge in [-0.3, -0.25) is 9.52 Å². The van der Waals surface area contributed by atoms with Gasteiger partial charge in [-0.25, -0.2) is 8.42 Å². The number of rotatable bonds is 3. The average molecular weight is 192 g/mol. The molecule has 1 amide bonds. The summed E-state index contributed by atoms with van der Waals surface area (Å²) in [5, 5.41) is 0. The molecule has 0 heterocycles. The Labute approximate surface area is 71.4 Å². The van der Waals surface area contributed by atoms with Crippen LogP contribution in [-0.4, -0.2) is 27.1 Å². The van der Waals surface area contributed by atoms with Gasteiger partial charge in [-0.2, -0.15) is 0 Å². The summed E-state index contributed by atoms with van der Waals surface area (Å²) in [6.45, 7) is 0.217. The summed E-state index contributed by atoms with van der Waals surface area (Å²) in [5.74, 6) is -0.465. The number of carbonyl (C=O) groups excluding carboxylic acids is 1. The third-order valence-electron chi connectivity index (χ3n) is 2.00. The fourth-order valence-corrected chi connectivity index (χ4v) is 1.50. The maximum atomic E-state index is 11.2. The van der Waals surface area contributed by atoms with Gasteiger partial charge in [0.25, 0.3) is 0 Å². The zero-order valence-electron chi connectivity index (χ0n) is 6.83. The van der Waals surface area contributed by atoms with Gasteiger partial charge in [0.15, 0.2) is 0 Å². The second-order valence-corrected chi connectivity index (χ2v) is 4.94. The third-order valence-corrected chi connectivity index (χ3v) is 2.56. The van der Waals surface area contributed by atoms with Crippen molar-refractivity contribution >= 4 is 15.9 Å². The highest BCUT2D eigenvalue weighted by Crippen LogP contribution is 2.44. The van der Waals surface area contributed by atoms with E-state index in [-0.39, 0.29) is 6.54 Å². The third kappa shape index (κ3) is 1.95. The van der Waals surface area contributed by atoms with E-state index in [0.717, 1.165) is 6.26 Å². The number of nitrogens with one attached hydrogen (secondary N) is 1. The molecule has 0 bridgehead atoms. The van der Waals surface area contributed by atoms with E-state index in [1.165, 1.54) is 0 Å². The fraction of sp³-hybridized carbons (Fsp3) is 0.833. The van der Waals surface area contributed by atoms with E-state index in [1.54, 1.807) is 0 Å². The van der Waals surface area contributed by atoms with Gasteiger partial charge in [-0.15, -0.1) is 0 Å². The zero-order chi connectivity index (χ0) is 9.41. The Morgan fingerprint density at radius 1 is 1.58 bits per heavy atom. The van der Waals surface area contributed by atoms with Crippen LogP contribution in [-0.2, 0) is 14.8 Å². The molecule has 0 atom stereocenters. The topological polar surface area (TPSA) is 89.3 Å². The maximum absolute atomic E-state index is 11.2. The standard InChI is InChI=1S/C6H12N2O3S/c1-12(10,11)8-5(9)6(4-7)2-3-6/h2-4,7H2,1H3,(H,8,9). The van der Waals surface area contributed by atoms with Gasteiger partial charge in [-0.1, -0.05) is 0 Å². The lowest BCUT2D eigenvalue weighted by Crippen LogP contribution is -2.39. The highest BCUT2D eigenvalue weighted by atomic mass is 32.2. The summed E-state index contributed by atoms with van der Waals surface area (Å²) in [7, 11) is -3.43. The Morgan fingerprint density at radius 2 is 2.08 bits per heavy atom. The van der Waals surface area contributed by atoms with Gasteiger partial charge in [0.1, 0.15) is 0 Å². The van der Waals surface area contributed by atoms with Crippen molar-refractivity contribution in [3.63, 3.8) is 0 Å². The van der Waals surface area contributed by atoms with Gasteiger partial charge in [0, 0.05) is 6.54 Å². The molecule has 1 aliphatic rings. The van der Waals surface area contributed by atoms with Crippen LogP contribution in [0.1, 0.15) is 12.8 Å². The van der Waals surface area contributed by atoms with E-state index < -0.39 is 21.3 Å². The van der Waals surface area contributed by atoms with Gasteiger partial charge >= 0.3 is 0 Å². The van der Waals surface area contributed by atoms with E-state index in [2.05, 4.69) is 0 Å². The van der Waals surface area contributed by atoms with E-state index >= 15 is 0 Å². The monoisotopic (exact) mass is 192 g/mol. The van der Waals surface area contributed by atoms with E-state index in [4.69, 9.17) is 5.73 Å². The second-order valence-electron chi connectivity index (χ2n) is 3.19. The maximum Gasteiger partial charge on any atom is 0.240 e. The van der Waals surface area contributed by atoms with Gasteiger partial charge < -0.3 is 5.73 Å². The molecule has 0 aromatic carbocycles. The summed E-state index contributed by atoms with van der Waals surface area (Å²) in [5.41, 5.74) is 4.74. The van der Waals surface area contributed by atoms with Gasteiger partial charge in [0.05, 0.1) is 11.7 Å². The predicted molar refractivity (Wildman–Crippen MR) is 43.7 cm³/mol. The summed E-state index contributed by atoms with van der Waals surface area (Å²) in [4.78, 5) is 11.2. The van der Waals surface area contributed by atoms with Gasteiger partial charge in [0.2, 0.25) is 15.9 Å². The van der Waals surface area contributed by atoms with Crippen LogP contribution in [0.2, 0.25) is 0 Å². The average Bonchev–Trinajstić information content (AvgIpc) is 2.62. The van der Waals surface area contributed by atoms with Crippen LogP contribution in [0.5, 0.6) is 0 Å². The minimum atomic E-state index is -3.43. The quantitative estimate of drug-likeness (QED) is 0.588. The first kappa shape index (κ1) is 9.47. The van der Waals surface area contributed by atoms with Crippen molar-refractivity contribution in [3.05, 3.63) is 0 Å². The number of sulfonamides is 1. The molecule has 3 N–H and O–H groups in total. The van der Waals surface area contributed by atoms with Crippen LogP contribution in [0.4, 0.5) is 0 Å². The first-order valence-electron chi connectivity index (χ1n) is 3.62. The molecule has 12 heavy (non-hydrogen) atoms. The van der Waals surface area contributed by atoms with Crippen molar-refractivity contribution in [1.29, 1.82) is 0 Å². The molecule has 0 unspecified atom stereocenters. The van der Waals surface area contributed by atoms with Crippen LogP contribution in [0.15, 0.2) is 0 Å². The highest BCUT2D eigenvalue weighted by molar-refractivity contribution is 7.89. The lowest BCUT2D eigenvalue weighted by Gasteiger charge is -2.10. The summed E-state index contributed by atoms with van der Waals surface area (Å²) < 4.78 is 23.2. The number of amides is 1. The summed E-state index contributed by atoms with van der Waals surface area (Å²) in [6.07, 6.45) is 2.33. The molecule has 0 aromatic heterocycles. The number of carbonyl (C=O) groups is 1. The number of nitrogens with two attached hydrogens (primary N) is 1. The van der Waals surface area contributed by atoms with Crippen LogP contribution in [0.3, 0.4) is 0 Å². The molecule has 1 fully saturated rings. The molecule has 0 aromatic rings. The molecule has 0 aliphatic heterocycles. The minimum absolute atomic E-state index is 0.217. The SMILES string of the molecule is CS(=O)(=O)NC(=O)C1(CN)CC1. The molecular weight excluding hydrogens is 180 g/mol. The Morgan fingerprint density at radius 3 is 2.33 bits per heavy atom. The Bertz CT molecular complexity index is 292. The van der Waals surface area contributed by atoms with E-state index in [1.807, 2.05) is 4.72 Å². The lowest BCUT2D eigenvalue weighted by atomic mass is 10.1. The minimum Gasteiger partial charge on any atom is -0.329 e. The largest absolute Gasteiger partial charge is 0.329 e. The molecule has 0 spiro atoms. The Hall–Kier alpha value is -0.620. The van der Waals surface area contributed by atoms with Crippen molar-refractivity contribution in [2.24, 2.45) is 11.1 Å².